The number of thioether (sulfide) groups is 1. The number of aromatic hydroxyl groups is 1. The van der Waals surface area contributed by atoms with E-state index in [0.717, 1.165) is 11.4 Å². The zero-order valence-electron chi connectivity index (χ0n) is 14.6. The second kappa shape index (κ2) is 8.25. The van der Waals surface area contributed by atoms with Crippen LogP contribution in [-0.4, -0.2) is 34.7 Å². The van der Waals surface area contributed by atoms with E-state index in [1.165, 1.54) is 11.8 Å². The number of hydrogen-bond acceptors (Lipinski definition) is 5. The highest BCUT2D eigenvalue weighted by molar-refractivity contribution is 8.18. The van der Waals surface area contributed by atoms with Crippen molar-refractivity contribution >= 4 is 57.8 Å². The maximum Gasteiger partial charge on any atom is 0.266 e. The van der Waals surface area contributed by atoms with Gasteiger partial charge in [-0.15, -0.1) is 0 Å². The van der Waals surface area contributed by atoms with Gasteiger partial charge in [0.2, 0.25) is 0 Å². The lowest BCUT2D eigenvalue weighted by Gasteiger charge is -2.12. The second-order valence-electron chi connectivity index (χ2n) is 5.59. The number of hydrogen-bond donors (Lipinski definition) is 1. The van der Waals surface area contributed by atoms with Gasteiger partial charge in [0.25, 0.3) is 5.91 Å². The maximum atomic E-state index is 12.7. The first-order valence-corrected chi connectivity index (χ1v) is 9.62. The van der Waals surface area contributed by atoms with Crippen LogP contribution < -0.4 is 4.74 Å². The quantitative estimate of drug-likeness (QED) is 0.676. The number of methoxy groups -OCH3 is 1. The third-order valence-corrected chi connectivity index (χ3v) is 5.42. The molecule has 5 nitrogen and oxygen atoms in total. The van der Waals surface area contributed by atoms with Gasteiger partial charge in [0.1, 0.15) is 5.75 Å². The van der Waals surface area contributed by atoms with Crippen LogP contribution in [0.15, 0.2) is 46.3 Å². The third-order valence-electron chi connectivity index (χ3n) is 3.84. The van der Waals surface area contributed by atoms with Crippen molar-refractivity contribution in [1.82, 2.24) is 4.90 Å². The van der Waals surface area contributed by atoms with Gasteiger partial charge >= 0.3 is 0 Å². The van der Waals surface area contributed by atoms with E-state index in [1.54, 1.807) is 30.2 Å². The topological polar surface area (TPSA) is 62.1 Å². The fourth-order valence-corrected chi connectivity index (χ4v) is 4.02. The monoisotopic (exact) mass is 422 g/mol. The van der Waals surface area contributed by atoms with Gasteiger partial charge in [-0.05, 0) is 66.7 Å². The molecule has 1 aliphatic heterocycles. The van der Waals surface area contributed by atoms with E-state index >= 15 is 0 Å². The van der Waals surface area contributed by atoms with Gasteiger partial charge in [0, 0.05) is 6.54 Å². The molecule has 0 radical (unpaired) electrons. The number of halogens is 2. The first-order valence-electron chi connectivity index (χ1n) is 8.05. The van der Waals surface area contributed by atoms with E-state index in [0.29, 0.717) is 22.2 Å². The number of benzene rings is 2. The molecule has 1 heterocycles. The molecular formula is C19H16Cl2N2O3S. The van der Waals surface area contributed by atoms with Crippen LogP contribution in [0.5, 0.6) is 11.5 Å². The Labute approximate surface area is 171 Å². The van der Waals surface area contributed by atoms with Crippen LogP contribution in [0, 0.1) is 0 Å². The molecule has 0 atom stereocenters. The average molecular weight is 423 g/mol. The van der Waals surface area contributed by atoms with Crippen molar-refractivity contribution in [2.45, 2.75) is 6.92 Å². The van der Waals surface area contributed by atoms with Gasteiger partial charge in [-0.3, -0.25) is 9.69 Å². The molecule has 0 unspecified atom stereocenters. The molecule has 1 aliphatic rings. The number of rotatable bonds is 4. The van der Waals surface area contributed by atoms with Crippen LogP contribution in [0.25, 0.3) is 6.08 Å². The van der Waals surface area contributed by atoms with Crippen LogP contribution in [0.3, 0.4) is 0 Å². The van der Waals surface area contributed by atoms with Crippen molar-refractivity contribution in [1.29, 1.82) is 0 Å². The summed E-state index contributed by atoms with van der Waals surface area (Å²) in [6.07, 6.45) is 1.68. The summed E-state index contributed by atoms with van der Waals surface area (Å²) >= 11 is 13.2. The lowest BCUT2D eigenvalue weighted by atomic mass is 10.2. The highest BCUT2D eigenvalue weighted by Crippen LogP contribution is 2.37. The summed E-state index contributed by atoms with van der Waals surface area (Å²) in [4.78, 5) is 19.4. The van der Waals surface area contributed by atoms with E-state index in [9.17, 15) is 9.90 Å². The van der Waals surface area contributed by atoms with E-state index in [2.05, 4.69) is 4.99 Å². The van der Waals surface area contributed by atoms with E-state index in [1.807, 2.05) is 31.2 Å². The lowest BCUT2D eigenvalue weighted by Crippen LogP contribution is -2.28. The zero-order valence-corrected chi connectivity index (χ0v) is 16.9. The Hall–Kier alpha value is -2.15. The molecule has 0 aliphatic carbocycles. The molecule has 1 fully saturated rings. The molecule has 0 spiro atoms. The molecule has 1 saturated heterocycles. The second-order valence-corrected chi connectivity index (χ2v) is 7.41. The number of nitrogens with zero attached hydrogens (tertiary/aromatic N) is 2. The summed E-state index contributed by atoms with van der Waals surface area (Å²) in [5.41, 5.74) is 1.35. The van der Waals surface area contributed by atoms with Crippen LogP contribution in [0.4, 0.5) is 5.69 Å². The first-order chi connectivity index (χ1) is 12.9. The van der Waals surface area contributed by atoms with E-state index in [-0.39, 0.29) is 21.7 Å². The van der Waals surface area contributed by atoms with Crippen molar-refractivity contribution in [2.75, 3.05) is 13.7 Å². The Morgan fingerprint density at radius 1 is 1.22 bits per heavy atom. The van der Waals surface area contributed by atoms with Crippen molar-refractivity contribution in [3.63, 3.8) is 0 Å². The highest BCUT2D eigenvalue weighted by Gasteiger charge is 2.32. The molecule has 0 saturated carbocycles. The Morgan fingerprint density at radius 2 is 1.85 bits per heavy atom. The van der Waals surface area contributed by atoms with Gasteiger partial charge in [-0.25, -0.2) is 4.99 Å². The fourth-order valence-electron chi connectivity index (χ4n) is 2.46. The molecule has 140 valence electrons. The van der Waals surface area contributed by atoms with Crippen LogP contribution in [-0.2, 0) is 4.79 Å². The molecule has 2 aromatic carbocycles. The summed E-state index contributed by atoms with van der Waals surface area (Å²) in [6.45, 7) is 2.38. The lowest BCUT2D eigenvalue weighted by molar-refractivity contribution is -0.122. The fraction of sp³-hybridized carbons (Fsp3) is 0.158. The Morgan fingerprint density at radius 3 is 2.41 bits per heavy atom. The third kappa shape index (κ3) is 4.24. The van der Waals surface area contributed by atoms with Crippen molar-refractivity contribution in [3.8, 4) is 11.5 Å². The SMILES string of the molecule is CCN1C(=O)/C(=C\c2cc(Cl)c(O)c(Cl)c2)SC1=Nc1ccc(OC)cc1. The number of aliphatic imine (C=N–C) groups is 1. The summed E-state index contributed by atoms with van der Waals surface area (Å²) in [6, 6.07) is 10.4. The molecule has 0 aromatic heterocycles. The Bertz CT molecular complexity index is 919. The minimum absolute atomic E-state index is 0.129. The number of phenolic OH excluding ortho intramolecular Hbond substituents is 1. The molecule has 8 heteroatoms. The summed E-state index contributed by atoms with van der Waals surface area (Å²) < 4.78 is 5.14. The highest BCUT2D eigenvalue weighted by atomic mass is 35.5. The smallest absolute Gasteiger partial charge is 0.266 e. The molecule has 2 aromatic rings. The van der Waals surface area contributed by atoms with Crippen LogP contribution >= 0.6 is 35.0 Å². The predicted octanol–water partition coefficient (Wildman–Crippen LogP) is 5.33. The summed E-state index contributed by atoms with van der Waals surface area (Å²) in [5, 5.41) is 10.5. The minimum atomic E-state index is -0.178. The van der Waals surface area contributed by atoms with Gasteiger partial charge in [0.15, 0.2) is 10.9 Å². The molecule has 3 rings (SSSR count). The number of carbonyl (C=O) groups is 1. The van der Waals surface area contributed by atoms with Gasteiger partial charge in [-0.1, -0.05) is 23.2 Å². The molecular weight excluding hydrogens is 407 g/mol. The Balaban J connectivity index is 1.93. The standard InChI is InChI=1S/C19H16Cl2N2O3S/c1-3-23-18(25)16(10-11-8-14(20)17(24)15(21)9-11)27-19(23)22-12-4-6-13(26-2)7-5-12/h4-10,24H,3H2,1-2H3/b16-10+,22-19?. The summed E-state index contributed by atoms with van der Waals surface area (Å²) in [5.74, 6) is 0.418. The predicted molar refractivity (Wildman–Crippen MR) is 111 cm³/mol. The first kappa shape index (κ1) is 19.6. The molecule has 0 bridgehead atoms. The zero-order chi connectivity index (χ0) is 19.6. The average Bonchev–Trinajstić information content (AvgIpc) is 2.94. The number of amidine groups is 1. The number of likely N-dealkylation sites (N-methyl/N-ethyl adjacent to an activating group) is 1. The molecule has 27 heavy (non-hydrogen) atoms. The molecule has 1 amide bonds. The van der Waals surface area contributed by atoms with Gasteiger partial charge in [0.05, 0.1) is 27.7 Å². The van der Waals surface area contributed by atoms with Crippen LogP contribution in [0.1, 0.15) is 12.5 Å². The van der Waals surface area contributed by atoms with E-state index in [4.69, 9.17) is 27.9 Å². The number of amides is 1. The van der Waals surface area contributed by atoms with Crippen molar-refractivity contribution in [3.05, 3.63) is 56.9 Å². The normalized spacial score (nSPS) is 17.2. The molecule has 1 N–H and O–H groups in total. The minimum Gasteiger partial charge on any atom is -0.505 e. The Kier molecular flexibility index (Phi) is 5.99. The van der Waals surface area contributed by atoms with Gasteiger partial charge < -0.3 is 9.84 Å². The van der Waals surface area contributed by atoms with Crippen LogP contribution in [0.2, 0.25) is 10.0 Å². The van der Waals surface area contributed by atoms with E-state index < -0.39 is 0 Å². The maximum absolute atomic E-state index is 12.7. The summed E-state index contributed by atoms with van der Waals surface area (Å²) in [7, 11) is 1.60. The number of phenols is 1. The number of ether oxygens (including phenoxy) is 1. The van der Waals surface area contributed by atoms with Crippen molar-refractivity contribution in [2.24, 2.45) is 4.99 Å². The van der Waals surface area contributed by atoms with Crippen molar-refractivity contribution < 1.29 is 14.6 Å². The van der Waals surface area contributed by atoms with Gasteiger partial charge in [-0.2, -0.15) is 0 Å². The number of carbonyl (C=O) groups excluding carboxylic acids is 1. The largest absolute Gasteiger partial charge is 0.505 e.